The van der Waals surface area contributed by atoms with Crippen molar-refractivity contribution >= 4 is 28.9 Å². The van der Waals surface area contributed by atoms with Crippen LogP contribution in [0, 0.1) is 5.92 Å². The third-order valence-corrected chi connectivity index (χ3v) is 7.14. The number of nitrogens with zero attached hydrogens (tertiary/aromatic N) is 2. The van der Waals surface area contributed by atoms with Crippen molar-refractivity contribution in [3.8, 4) is 11.4 Å². The smallest absolute Gasteiger partial charge is 1.00 e. The summed E-state index contributed by atoms with van der Waals surface area (Å²) in [6, 6.07) is 14.6. The third kappa shape index (κ3) is 6.72. The number of para-hydroxylation sites is 2. The van der Waals surface area contributed by atoms with Gasteiger partial charge in [0.05, 0.1) is 30.8 Å². The maximum atomic E-state index is 13.8. The molecule has 1 unspecified atom stereocenters. The van der Waals surface area contributed by atoms with Gasteiger partial charge in [-0.05, 0) is 55.9 Å². The van der Waals surface area contributed by atoms with E-state index in [4.69, 9.17) is 14.5 Å². The molecule has 1 heterocycles. The van der Waals surface area contributed by atoms with Crippen molar-refractivity contribution in [1.29, 1.82) is 0 Å². The average Bonchev–Trinajstić information content (AvgIpc) is 3.32. The minimum absolute atomic E-state index is 0. The Balaban J connectivity index is 0.00000267. The largest absolute Gasteiger partial charge is 1.00 e. The number of hydrogen-bond acceptors (Lipinski definition) is 6. The average molecular weight is 542 g/mol. The lowest BCUT2D eigenvalue weighted by Gasteiger charge is -2.32. The minimum atomic E-state index is -0.413. The van der Waals surface area contributed by atoms with Crippen molar-refractivity contribution in [2.75, 3.05) is 20.8 Å². The summed E-state index contributed by atoms with van der Waals surface area (Å²) in [7, 11) is 2.74. The van der Waals surface area contributed by atoms with Gasteiger partial charge in [0.1, 0.15) is 11.9 Å². The molecule has 4 rings (SSSR count). The number of halogens is 1. The Bertz CT molecular complexity index is 1240. The van der Waals surface area contributed by atoms with Gasteiger partial charge in [-0.15, -0.1) is 0 Å². The van der Waals surface area contributed by atoms with Crippen LogP contribution in [0.3, 0.4) is 0 Å². The number of carbonyl (C=O) groups excluding carboxylic acids is 3. The van der Waals surface area contributed by atoms with Gasteiger partial charge in [0.2, 0.25) is 5.91 Å². The molecule has 2 aromatic carbocycles. The predicted octanol–water partition coefficient (Wildman–Crippen LogP) is 2.19. The molecule has 1 fully saturated rings. The van der Waals surface area contributed by atoms with Gasteiger partial charge < -0.3 is 31.8 Å². The van der Waals surface area contributed by atoms with Crippen LogP contribution in [-0.4, -0.2) is 48.2 Å². The van der Waals surface area contributed by atoms with E-state index in [1.807, 2.05) is 36.4 Å². The zero-order chi connectivity index (χ0) is 26.2. The standard InChI is InChI=1S/C29H35N3O5.ClH/c1-36-25(33)14-8-9-19-30-28(34)26(20-10-4-3-5-11-20)32-24-13-7-6-12-23(24)31-27(32)21-15-17-22(18-16-21)29(35)37-2;/h6-7,12-13,15-18,20,26H,3-5,8-11,14,19H2,1-2H3,(H,30,34);1H. The molecule has 38 heavy (non-hydrogen) atoms. The minimum Gasteiger partial charge on any atom is -1.00 e. The van der Waals surface area contributed by atoms with E-state index in [0.717, 1.165) is 42.3 Å². The number of benzene rings is 2. The Kier molecular flexibility index (Phi) is 10.7. The summed E-state index contributed by atoms with van der Waals surface area (Å²) < 4.78 is 11.6. The first-order valence-electron chi connectivity index (χ1n) is 13.0. The lowest BCUT2D eigenvalue weighted by Crippen LogP contribution is -3.00. The number of rotatable bonds is 10. The summed E-state index contributed by atoms with van der Waals surface area (Å²) in [6.07, 6.45) is 7.05. The van der Waals surface area contributed by atoms with Gasteiger partial charge in [-0.1, -0.05) is 43.5 Å². The van der Waals surface area contributed by atoms with Crippen molar-refractivity contribution < 1.29 is 37.7 Å². The first-order valence-corrected chi connectivity index (χ1v) is 13.0. The zero-order valence-corrected chi connectivity index (χ0v) is 22.7. The van der Waals surface area contributed by atoms with Crippen LogP contribution in [0.4, 0.5) is 0 Å². The molecule has 1 amide bonds. The number of hydrogen-bond donors (Lipinski definition) is 1. The van der Waals surface area contributed by atoms with E-state index in [0.29, 0.717) is 37.2 Å². The first-order chi connectivity index (χ1) is 18.0. The Morgan fingerprint density at radius 3 is 2.39 bits per heavy atom. The van der Waals surface area contributed by atoms with Crippen molar-refractivity contribution in [1.82, 2.24) is 14.9 Å². The van der Waals surface area contributed by atoms with E-state index in [-0.39, 0.29) is 31.6 Å². The molecule has 0 bridgehead atoms. The van der Waals surface area contributed by atoms with Crippen molar-refractivity contribution in [3.05, 3.63) is 54.1 Å². The number of ether oxygens (including phenoxy) is 2. The molecule has 0 radical (unpaired) electrons. The normalized spacial score (nSPS) is 14.4. The molecule has 0 saturated heterocycles. The Morgan fingerprint density at radius 1 is 1.00 bits per heavy atom. The van der Waals surface area contributed by atoms with Gasteiger partial charge in [0.15, 0.2) is 0 Å². The van der Waals surface area contributed by atoms with E-state index in [9.17, 15) is 14.4 Å². The molecule has 8 nitrogen and oxygen atoms in total. The number of fused-ring (bicyclic) bond motifs is 1. The van der Waals surface area contributed by atoms with Crippen LogP contribution in [0.1, 0.15) is 69.2 Å². The molecule has 1 atom stereocenters. The second-order valence-corrected chi connectivity index (χ2v) is 9.53. The topological polar surface area (TPSA) is 99.5 Å². The number of aromatic nitrogens is 2. The quantitative estimate of drug-likeness (QED) is 0.312. The number of methoxy groups -OCH3 is 2. The summed E-state index contributed by atoms with van der Waals surface area (Å²) in [5, 5.41) is 3.13. The van der Waals surface area contributed by atoms with E-state index < -0.39 is 12.0 Å². The summed E-state index contributed by atoms with van der Waals surface area (Å²) in [6.45, 7) is 0.495. The monoisotopic (exact) mass is 541 g/mol. The highest BCUT2D eigenvalue weighted by Crippen LogP contribution is 2.38. The van der Waals surface area contributed by atoms with Gasteiger partial charge >= 0.3 is 13.4 Å². The lowest BCUT2D eigenvalue weighted by molar-refractivity contribution is -0.140. The first kappa shape index (κ1) is 29.2. The molecule has 1 N–H and O–H groups in total. The van der Waals surface area contributed by atoms with Gasteiger partial charge in [0.25, 0.3) is 0 Å². The molecule has 204 valence electrons. The lowest BCUT2D eigenvalue weighted by atomic mass is 9.83. The number of carbonyl (C=O) groups is 3. The summed E-state index contributed by atoms with van der Waals surface area (Å²) in [4.78, 5) is 42.1. The molecule has 1 aliphatic carbocycles. The molecule has 0 aliphatic heterocycles. The van der Waals surface area contributed by atoms with Crippen LogP contribution in [0.2, 0.25) is 0 Å². The predicted molar refractivity (Wildman–Crippen MR) is 142 cm³/mol. The fourth-order valence-corrected chi connectivity index (χ4v) is 5.21. The van der Waals surface area contributed by atoms with Crippen LogP contribution in [0.15, 0.2) is 48.5 Å². The fourth-order valence-electron chi connectivity index (χ4n) is 5.21. The highest BCUT2D eigenvalue weighted by atomic mass is 35.5. The molecular formula is C29H36ClN3O5. The molecule has 1 aromatic heterocycles. The Hall–Kier alpha value is -3.39. The molecular weight excluding hydrogens is 506 g/mol. The van der Waals surface area contributed by atoms with Crippen LogP contribution in [0.5, 0.6) is 0 Å². The molecule has 1 saturated carbocycles. The number of nitrogens with one attached hydrogen (secondary N) is 1. The molecule has 0 spiro atoms. The fraction of sp³-hybridized carbons (Fsp3) is 0.448. The molecule has 3 aromatic rings. The number of imidazole rings is 1. The maximum Gasteiger partial charge on any atom is 1.00 e. The van der Waals surface area contributed by atoms with E-state index >= 15 is 0 Å². The van der Waals surface area contributed by atoms with Crippen molar-refractivity contribution in [3.63, 3.8) is 0 Å². The highest BCUT2D eigenvalue weighted by Gasteiger charge is 2.34. The van der Waals surface area contributed by atoms with E-state index in [1.165, 1.54) is 20.6 Å². The van der Waals surface area contributed by atoms with E-state index in [1.54, 1.807) is 12.1 Å². The molecule has 1 aliphatic rings. The second-order valence-electron chi connectivity index (χ2n) is 9.53. The van der Waals surface area contributed by atoms with Crippen LogP contribution >= 0.6 is 0 Å². The van der Waals surface area contributed by atoms with Crippen LogP contribution in [-0.2, 0) is 19.1 Å². The van der Waals surface area contributed by atoms with E-state index in [2.05, 4.69) is 9.88 Å². The maximum absolute atomic E-state index is 13.8. The second kappa shape index (κ2) is 14.0. The number of amides is 1. The summed E-state index contributed by atoms with van der Waals surface area (Å²) in [5.74, 6) is 0.231. The SMILES string of the molecule is COC(=O)CCCCNC(=O)C(C1CCCCC1)n1c(-c2ccc(C(=O)OC)cc2)nc2ccccc21.[Cl-].[H+]. The third-order valence-electron chi connectivity index (χ3n) is 7.14. The number of unbranched alkanes of at least 4 members (excludes halogenated alkanes) is 1. The number of esters is 2. The van der Waals surface area contributed by atoms with Gasteiger partial charge in [-0.3, -0.25) is 9.59 Å². The van der Waals surface area contributed by atoms with Gasteiger partial charge in [-0.25, -0.2) is 9.78 Å². The highest BCUT2D eigenvalue weighted by molar-refractivity contribution is 5.91. The van der Waals surface area contributed by atoms with Crippen molar-refractivity contribution in [2.24, 2.45) is 5.92 Å². The van der Waals surface area contributed by atoms with Crippen molar-refractivity contribution in [2.45, 2.75) is 57.4 Å². The zero-order valence-electron chi connectivity index (χ0n) is 23.0. The molecule has 9 heteroatoms. The Morgan fingerprint density at radius 2 is 1.71 bits per heavy atom. The summed E-state index contributed by atoms with van der Waals surface area (Å²) >= 11 is 0. The van der Waals surface area contributed by atoms with Crippen LogP contribution < -0.4 is 17.7 Å². The van der Waals surface area contributed by atoms with Gasteiger partial charge in [0, 0.05) is 18.5 Å². The Labute approximate surface area is 231 Å². The summed E-state index contributed by atoms with van der Waals surface area (Å²) in [5.41, 5.74) is 3.02. The van der Waals surface area contributed by atoms with Crippen LogP contribution in [0.25, 0.3) is 22.4 Å². The van der Waals surface area contributed by atoms with Gasteiger partial charge in [-0.2, -0.15) is 0 Å².